The van der Waals surface area contributed by atoms with Crippen LogP contribution in [0.15, 0.2) is 0 Å². The molecule has 0 aromatic heterocycles. The molecule has 0 aromatic carbocycles. The molecule has 104 valence electrons. The average Bonchev–Trinajstić information content (AvgIpc) is 2.26. The Labute approximate surface area is 110 Å². The van der Waals surface area contributed by atoms with Crippen LogP contribution in [-0.4, -0.2) is 28.1 Å². The van der Waals surface area contributed by atoms with E-state index in [1.807, 2.05) is 0 Å². The molecule has 2 atom stereocenters. The number of hydrogen-bond acceptors (Lipinski definition) is 3. The van der Waals surface area contributed by atoms with E-state index in [0.717, 1.165) is 0 Å². The second-order valence-electron chi connectivity index (χ2n) is 6.82. The van der Waals surface area contributed by atoms with Gasteiger partial charge in [-0.3, -0.25) is 14.4 Å². The third kappa shape index (κ3) is 1.40. The smallest absolute Gasteiger partial charge is 0.309 e. The highest BCUT2D eigenvalue weighted by molar-refractivity contribution is 5.88. The van der Waals surface area contributed by atoms with Crippen molar-refractivity contribution in [2.75, 3.05) is 0 Å². The molecule has 0 heterocycles. The number of hydrogen-bond donors (Lipinski definition) is 3. The van der Waals surface area contributed by atoms with Gasteiger partial charge in [0.2, 0.25) is 5.91 Å². The summed E-state index contributed by atoms with van der Waals surface area (Å²) in [5.41, 5.74) is 2.40. The topological polar surface area (TPSA) is 118 Å². The van der Waals surface area contributed by atoms with Gasteiger partial charge in [0.05, 0.1) is 16.2 Å². The Kier molecular flexibility index (Phi) is 2.16. The van der Waals surface area contributed by atoms with Crippen molar-refractivity contribution in [3.63, 3.8) is 0 Å². The maximum Gasteiger partial charge on any atom is 0.309 e. The quantitative estimate of drug-likeness (QED) is 0.692. The lowest BCUT2D eigenvalue weighted by atomic mass is 9.39. The van der Waals surface area contributed by atoms with Gasteiger partial charge in [-0.05, 0) is 44.4 Å². The molecule has 6 nitrogen and oxygen atoms in total. The van der Waals surface area contributed by atoms with E-state index in [4.69, 9.17) is 5.73 Å². The van der Waals surface area contributed by atoms with Gasteiger partial charge in [0.25, 0.3) is 0 Å². The van der Waals surface area contributed by atoms with Crippen molar-refractivity contribution in [1.82, 2.24) is 0 Å². The third-order valence-electron chi connectivity index (χ3n) is 5.50. The Morgan fingerprint density at radius 2 is 1.21 bits per heavy atom. The highest BCUT2D eigenvalue weighted by Gasteiger charge is 2.69. The number of aliphatic carboxylic acids is 2. The van der Waals surface area contributed by atoms with Gasteiger partial charge in [-0.1, -0.05) is 0 Å². The van der Waals surface area contributed by atoms with E-state index in [-0.39, 0.29) is 25.2 Å². The van der Waals surface area contributed by atoms with Crippen LogP contribution in [0.4, 0.5) is 0 Å². The summed E-state index contributed by atoms with van der Waals surface area (Å²) in [6.07, 6.45) is 2.05. The van der Waals surface area contributed by atoms with Crippen LogP contribution in [0.3, 0.4) is 0 Å². The number of carbonyl (C=O) groups excluding carboxylic acids is 1. The zero-order valence-corrected chi connectivity index (χ0v) is 10.5. The van der Waals surface area contributed by atoms with Gasteiger partial charge in [0, 0.05) is 0 Å². The molecule has 0 aliphatic heterocycles. The number of carbonyl (C=O) groups is 3. The number of carboxylic acid groups (broad SMARTS) is 2. The molecule has 0 spiro atoms. The molecule has 19 heavy (non-hydrogen) atoms. The molecule has 0 aromatic rings. The van der Waals surface area contributed by atoms with E-state index in [0.29, 0.717) is 19.3 Å². The normalized spacial score (nSPS) is 47.1. The van der Waals surface area contributed by atoms with E-state index in [1.54, 1.807) is 0 Å². The maximum absolute atomic E-state index is 11.8. The first kappa shape index (κ1) is 12.4. The minimum Gasteiger partial charge on any atom is -0.481 e. The summed E-state index contributed by atoms with van der Waals surface area (Å²) in [4.78, 5) is 35.1. The second-order valence-corrected chi connectivity index (χ2v) is 6.82. The number of nitrogens with two attached hydrogens (primary N) is 1. The van der Waals surface area contributed by atoms with E-state index >= 15 is 0 Å². The predicted octanol–water partition coefficient (Wildman–Crippen LogP) is 0.598. The molecule has 4 aliphatic rings. The van der Waals surface area contributed by atoms with Crippen molar-refractivity contribution in [1.29, 1.82) is 0 Å². The zero-order chi connectivity index (χ0) is 14.1. The first-order valence-corrected chi connectivity index (χ1v) is 6.50. The van der Waals surface area contributed by atoms with Gasteiger partial charge in [0.15, 0.2) is 0 Å². The standard InChI is InChI=1S/C13H17NO5/c14-8(15)11-1-7-2-12(4-11,9(16)17)6-13(3-7,5-11)10(18)19/h7H,1-6H2,(H2,14,15)(H,16,17)(H,18,19). The Hall–Kier alpha value is -1.59. The van der Waals surface area contributed by atoms with Gasteiger partial charge < -0.3 is 15.9 Å². The molecular weight excluding hydrogens is 250 g/mol. The molecule has 4 aliphatic carbocycles. The Morgan fingerprint density at radius 1 is 0.842 bits per heavy atom. The monoisotopic (exact) mass is 267 g/mol. The minimum absolute atomic E-state index is 0.0176. The molecular formula is C13H17NO5. The minimum atomic E-state index is -1.08. The number of amides is 1. The molecule has 2 unspecified atom stereocenters. The van der Waals surface area contributed by atoms with Crippen molar-refractivity contribution in [3.05, 3.63) is 0 Å². The number of carboxylic acids is 2. The Balaban J connectivity index is 2.13. The van der Waals surface area contributed by atoms with Gasteiger partial charge in [-0.25, -0.2) is 0 Å². The first-order valence-electron chi connectivity index (χ1n) is 6.50. The molecule has 4 N–H and O–H groups in total. The van der Waals surface area contributed by atoms with Gasteiger partial charge in [0.1, 0.15) is 0 Å². The number of rotatable bonds is 3. The molecule has 1 amide bonds. The van der Waals surface area contributed by atoms with Crippen molar-refractivity contribution in [3.8, 4) is 0 Å². The van der Waals surface area contributed by atoms with Crippen LogP contribution in [0.2, 0.25) is 0 Å². The van der Waals surface area contributed by atoms with E-state index in [2.05, 4.69) is 0 Å². The van der Waals surface area contributed by atoms with E-state index in [1.165, 1.54) is 0 Å². The van der Waals surface area contributed by atoms with Crippen molar-refractivity contribution in [2.45, 2.75) is 38.5 Å². The summed E-state index contributed by atoms with van der Waals surface area (Å²) < 4.78 is 0. The summed E-state index contributed by atoms with van der Waals surface area (Å²) >= 11 is 0. The lowest BCUT2D eigenvalue weighted by molar-refractivity contribution is -0.202. The predicted molar refractivity (Wildman–Crippen MR) is 63.0 cm³/mol. The molecule has 4 rings (SSSR count). The van der Waals surface area contributed by atoms with E-state index < -0.39 is 34.1 Å². The fourth-order valence-corrected chi connectivity index (χ4v) is 5.19. The Morgan fingerprint density at radius 3 is 1.58 bits per heavy atom. The van der Waals surface area contributed by atoms with Crippen molar-refractivity contribution in [2.24, 2.45) is 27.9 Å². The fourth-order valence-electron chi connectivity index (χ4n) is 5.19. The van der Waals surface area contributed by atoms with Crippen LogP contribution < -0.4 is 5.73 Å². The molecule has 0 radical (unpaired) electrons. The SMILES string of the molecule is NC(=O)C12CC3CC(C(=O)O)(C1)CC(C(=O)O)(C3)C2. The molecule has 6 heteroatoms. The fraction of sp³-hybridized carbons (Fsp3) is 0.769. The highest BCUT2D eigenvalue weighted by atomic mass is 16.4. The van der Waals surface area contributed by atoms with Crippen LogP contribution in [0.25, 0.3) is 0 Å². The molecule has 4 saturated carbocycles. The first-order chi connectivity index (χ1) is 8.74. The Bertz CT molecular complexity index is 420. The number of primary amides is 1. The largest absolute Gasteiger partial charge is 0.481 e. The van der Waals surface area contributed by atoms with Crippen LogP contribution in [0, 0.1) is 22.2 Å². The zero-order valence-electron chi connectivity index (χ0n) is 10.5. The summed E-state index contributed by atoms with van der Waals surface area (Å²) in [6.45, 7) is 0. The third-order valence-corrected chi connectivity index (χ3v) is 5.50. The molecule has 4 bridgehead atoms. The summed E-state index contributed by atoms with van der Waals surface area (Å²) in [5, 5.41) is 19.1. The summed E-state index contributed by atoms with van der Waals surface area (Å²) in [7, 11) is 0. The van der Waals surface area contributed by atoms with Gasteiger partial charge in [-0.2, -0.15) is 0 Å². The van der Waals surface area contributed by atoms with Crippen LogP contribution >= 0.6 is 0 Å². The molecule has 4 fully saturated rings. The van der Waals surface area contributed by atoms with Crippen molar-refractivity contribution >= 4 is 17.8 Å². The highest BCUT2D eigenvalue weighted by Crippen LogP contribution is 2.69. The summed E-state index contributed by atoms with van der Waals surface area (Å²) in [6, 6.07) is 0. The van der Waals surface area contributed by atoms with Gasteiger partial charge in [-0.15, -0.1) is 0 Å². The second kappa shape index (κ2) is 3.29. The maximum atomic E-state index is 11.8. The van der Waals surface area contributed by atoms with Crippen molar-refractivity contribution < 1.29 is 24.6 Å². The lowest BCUT2D eigenvalue weighted by Gasteiger charge is -2.62. The van der Waals surface area contributed by atoms with Gasteiger partial charge >= 0.3 is 11.9 Å². The van der Waals surface area contributed by atoms with Crippen LogP contribution in [0.5, 0.6) is 0 Å². The van der Waals surface area contributed by atoms with Crippen LogP contribution in [0.1, 0.15) is 38.5 Å². The molecule has 0 saturated heterocycles. The van der Waals surface area contributed by atoms with Crippen LogP contribution in [-0.2, 0) is 14.4 Å². The summed E-state index contributed by atoms with van der Waals surface area (Å²) in [5.74, 6) is -2.51. The average molecular weight is 267 g/mol. The van der Waals surface area contributed by atoms with E-state index in [9.17, 15) is 24.6 Å². The lowest BCUT2D eigenvalue weighted by Crippen LogP contribution is -2.64.